The molecule has 3 heterocycles. The van der Waals surface area contributed by atoms with Crippen LogP contribution >= 0.6 is 11.6 Å². The Bertz CT molecular complexity index is 1170. The van der Waals surface area contributed by atoms with Crippen LogP contribution in [0.2, 0.25) is 5.02 Å². The molecule has 2 aromatic rings. The molecule has 1 spiro atoms. The Balaban J connectivity index is 1.58. The molecule has 32 heavy (non-hydrogen) atoms. The number of fused-ring (bicyclic) bond motifs is 4. The van der Waals surface area contributed by atoms with Crippen molar-refractivity contribution in [2.45, 2.75) is 31.0 Å². The predicted octanol–water partition coefficient (Wildman–Crippen LogP) is 1.53. The van der Waals surface area contributed by atoms with E-state index < -0.39 is 35.2 Å². The molecule has 0 saturated carbocycles. The van der Waals surface area contributed by atoms with E-state index in [1.54, 1.807) is 48.5 Å². The van der Waals surface area contributed by atoms with Crippen molar-refractivity contribution in [2.75, 3.05) is 5.32 Å². The topological polar surface area (TPSA) is 122 Å². The van der Waals surface area contributed by atoms with Crippen molar-refractivity contribution in [3.8, 4) is 0 Å². The molecule has 5 rings (SSSR count). The molecule has 0 bridgehead atoms. The number of halogens is 1. The fourth-order valence-electron chi connectivity index (χ4n) is 5.32. The summed E-state index contributed by atoms with van der Waals surface area (Å²) in [6.45, 7) is 0.0201. The summed E-state index contributed by atoms with van der Waals surface area (Å²) in [4.78, 5) is 53.1. The van der Waals surface area contributed by atoms with Gasteiger partial charge in [0.15, 0.2) is 0 Å². The van der Waals surface area contributed by atoms with Gasteiger partial charge in [-0.3, -0.25) is 29.4 Å². The number of likely N-dealkylation sites (tertiary alicyclic amines) is 1. The molecule has 0 aromatic heterocycles. The molecule has 0 radical (unpaired) electrons. The fraction of sp³-hybridized carbons (Fsp3) is 0.304. The van der Waals surface area contributed by atoms with E-state index in [2.05, 4.69) is 10.6 Å². The average Bonchev–Trinajstić information content (AvgIpc) is 3.34. The Morgan fingerprint density at radius 2 is 1.78 bits per heavy atom. The summed E-state index contributed by atoms with van der Waals surface area (Å²) in [6, 6.07) is 13.6. The lowest BCUT2D eigenvalue weighted by Gasteiger charge is -2.29. The smallest absolute Gasteiger partial charge is 0.250 e. The van der Waals surface area contributed by atoms with Crippen LogP contribution in [0.5, 0.6) is 0 Å². The molecule has 0 aliphatic carbocycles. The third-order valence-electron chi connectivity index (χ3n) is 6.70. The minimum Gasteiger partial charge on any atom is -0.370 e. The van der Waals surface area contributed by atoms with Crippen LogP contribution in [0.15, 0.2) is 48.5 Å². The number of hydrogen-bond acceptors (Lipinski definition) is 5. The number of nitrogens with one attached hydrogen (secondary N) is 2. The first-order chi connectivity index (χ1) is 15.3. The Labute approximate surface area is 189 Å². The van der Waals surface area contributed by atoms with E-state index in [1.165, 1.54) is 4.90 Å². The molecular weight excluding hydrogens is 432 g/mol. The van der Waals surface area contributed by atoms with Crippen LogP contribution in [-0.4, -0.2) is 34.6 Å². The number of anilines is 1. The molecule has 164 valence electrons. The van der Waals surface area contributed by atoms with Crippen LogP contribution in [0, 0.1) is 11.8 Å². The summed E-state index contributed by atoms with van der Waals surface area (Å²) >= 11 is 6.27. The molecule has 8 nitrogen and oxygen atoms in total. The van der Waals surface area contributed by atoms with Gasteiger partial charge in [0.2, 0.25) is 23.6 Å². The Hall–Kier alpha value is -3.23. The van der Waals surface area contributed by atoms with E-state index in [9.17, 15) is 19.2 Å². The maximum Gasteiger partial charge on any atom is 0.250 e. The number of primary amides is 1. The van der Waals surface area contributed by atoms with Gasteiger partial charge in [-0.15, -0.1) is 0 Å². The average molecular weight is 453 g/mol. The van der Waals surface area contributed by atoms with Crippen molar-refractivity contribution in [3.05, 3.63) is 64.7 Å². The molecule has 9 heteroatoms. The maximum absolute atomic E-state index is 13.7. The summed E-state index contributed by atoms with van der Waals surface area (Å²) in [5.41, 5.74) is 5.83. The summed E-state index contributed by atoms with van der Waals surface area (Å²) in [5.74, 6) is -3.42. The zero-order valence-corrected chi connectivity index (χ0v) is 17.8. The zero-order valence-electron chi connectivity index (χ0n) is 17.0. The van der Waals surface area contributed by atoms with Gasteiger partial charge in [0, 0.05) is 28.7 Å². The van der Waals surface area contributed by atoms with Gasteiger partial charge in [0.05, 0.1) is 18.4 Å². The van der Waals surface area contributed by atoms with Gasteiger partial charge >= 0.3 is 0 Å². The normalized spacial score (nSPS) is 28.2. The van der Waals surface area contributed by atoms with Crippen molar-refractivity contribution in [2.24, 2.45) is 17.6 Å². The first-order valence-corrected chi connectivity index (χ1v) is 10.8. The van der Waals surface area contributed by atoms with Gasteiger partial charge in [0.25, 0.3) is 0 Å². The zero-order chi connectivity index (χ0) is 22.6. The Morgan fingerprint density at radius 3 is 2.53 bits per heavy atom. The van der Waals surface area contributed by atoms with Crippen LogP contribution in [-0.2, 0) is 31.3 Å². The van der Waals surface area contributed by atoms with E-state index >= 15 is 0 Å². The first-order valence-electron chi connectivity index (χ1n) is 10.4. The van der Waals surface area contributed by atoms with E-state index in [0.717, 1.165) is 0 Å². The highest BCUT2D eigenvalue weighted by Gasteiger charge is 2.70. The highest BCUT2D eigenvalue weighted by Crippen LogP contribution is 2.53. The monoisotopic (exact) mass is 452 g/mol. The van der Waals surface area contributed by atoms with Crippen LogP contribution in [0.3, 0.4) is 0 Å². The fourth-order valence-corrected chi connectivity index (χ4v) is 5.51. The second kappa shape index (κ2) is 7.43. The van der Waals surface area contributed by atoms with Gasteiger partial charge in [0.1, 0.15) is 5.54 Å². The van der Waals surface area contributed by atoms with Crippen molar-refractivity contribution in [1.82, 2.24) is 10.2 Å². The summed E-state index contributed by atoms with van der Waals surface area (Å²) in [7, 11) is 0. The summed E-state index contributed by atoms with van der Waals surface area (Å²) < 4.78 is 0. The van der Waals surface area contributed by atoms with Gasteiger partial charge in [-0.25, -0.2) is 0 Å². The number of nitrogens with zero attached hydrogens (tertiary/aromatic N) is 1. The minimum absolute atomic E-state index is 0.0201. The van der Waals surface area contributed by atoms with Gasteiger partial charge in [-0.05, 0) is 24.1 Å². The molecule has 4 atom stereocenters. The lowest BCUT2D eigenvalue weighted by molar-refractivity contribution is -0.143. The number of nitrogens with two attached hydrogens (primary N) is 1. The molecule has 4 N–H and O–H groups in total. The lowest BCUT2D eigenvalue weighted by atomic mass is 9.76. The van der Waals surface area contributed by atoms with E-state index in [4.69, 9.17) is 17.3 Å². The predicted molar refractivity (Wildman–Crippen MR) is 116 cm³/mol. The highest BCUT2D eigenvalue weighted by molar-refractivity contribution is 6.31. The number of imide groups is 1. The number of benzene rings is 2. The number of carbonyl (C=O) groups is 4. The van der Waals surface area contributed by atoms with E-state index in [1.807, 2.05) is 0 Å². The number of para-hydroxylation sites is 1. The summed E-state index contributed by atoms with van der Waals surface area (Å²) in [5, 5.41) is 6.56. The quantitative estimate of drug-likeness (QED) is 0.594. The number of hydrogen-bond donors (Lipinski definition) is 3. The first kappa shape index (κ1) is 20.7. The van der Waals surface area contributed by atoms with Crippen molar-refractivity contribution in [1.29, 1.82) is 0 Å². The summed E-state index contributed by atoms with van der Waals surface area (Å²) in [6.07, 6.45) is 0.277. The number of amides is 4. The maximum atomic E-state index is 13.7. The van der Waals surface area contributed by atoms with E-state index in [-0.39, 0.29) is 31.2 Å². The van der Waals surface area contributed by atoms with Crippen LogP contribution < -0.4 is 16.4 Å². The number of rotatable bonds is 5. The second-order valence-corrected chi connectivity index (χ2v) is 8.83. The van der Waals surface area contributed by atoms with Crippen LogP contribution in [0.1, 0.15) is 24.0 Å². The molecule has 4 amide bonds. The Kier molecular flexibility index (Phi) is 4.79. The SMILES string of the molecule is NC(=O)CC[C@H]1N[C@]2(C(=O)Nc3ccccc32)[C@@H]2C(=O)N(Cc3ccccc3Cl)C(=O)[C@H]21. The molecule has 2 aromatic carbocycles. The second-order valence-electron chi connectivity index (χ2n) is 8.42. The van der Waals surface area contributed by atoms with Crippen LogP contribution in [0.4, 0.5) is 5.69 Å². The van der Waals surface area contributed by atoms with Crippen molar-refractivity contribution < 1.29 is 19.2 Å². The lowest BCUT2D eigenvalue weighted by Crippen LogP contribution is -2.53. The Morgan fingerprint density at radius 1 is 1.06 bits per heavy atom. The largest absolute Gasteiger partial charge is 0.370 e. The molecular formula is C23H21ClN4O4. The molecule has 2 fully saturated rings. The van der Waals surface area contributed by atoms with Gasteiger partial charge < -0.3 is 11.1 Å². The van der Waals surface area contributed by atoms with Crippen LogP contribution in [0.25, 0.3) is 0 Å². The molecule has 2 saturated heterocycles. The highest BCUT2D eigenvalue weighted by atomic mass is 35.5. The van der Waals surface area contributed by atoms with Crippen molar-refractivity contribution in [3.63, 3.8) is 0 Å². The third kappa shape index (κ3) is 2.87. The van der Waals surface area contributed by atoms with E-state index in [0.29, 0.717) is 21.8 Å². The number of carbonyl (C=O) groups excluding carboxylic acids is 4. The molecule has 0 unspecified atom stereocenters. The third-order valence-corrected chi connectivity index (χ3v) is 7.07. The molecule has 3 aliphatic rings. The van der Waals surface area contributed by atoms with Gasteiger partial charge in [-0.1, -0.05) is 48.0 Å². The molecule has 3 aliphatic heterocycles. The standard InChI is InChI=1S/C23H21ClN4O4/c24-14-7-3-1-5-12(14)11-28-20(30)18-16(9-10-17(25)29)27-23(19(18)21(28)31)13-6-2-4-8-15(13)26-22(23)32/h1-8,16,18-19,27H,9-11H2,(H2,25,29)(H,26,32)/t16-,18+,19+,23+/m1/s1. The minimum atomic E-state index is -1.38. The van der Waals surface area contributed by atoms with Gasteiger partial charge in [-0.2, -0.15) is 0 Å². The van der Waals surface area contributed by atoms with Crippen molar-refractivity contribution >= 4 is 40.9 Å².